The Morgan fingerprint density at radius 3 is 1.97 bits per heavy atom. The lowest BCUT2D eigenvalue weighted by atomic mass is 9.72. The van der Waals surface area contributed by atoms with Gasteiger partial charge in [0.25, 0.3) is 11.6 Å². The van der Waals surface area contributed by atoms with Crippen LogP contribution in [0.25, 0.3) is 0 Å². The molecular formula is C29H20Cl2N2O5. The molecule has 0 aliphatic carbocycles. The summed E-state index contributed by atoms with van der Waals surface area (Å²) in [6, 6.07) is 25.1. The van der Waals surface area contributed by atoms with Gasteiger partial charge in [-0.1, -0.05) is 53.0 Å². The maximum Gasteiger partial charge on any atom is 0.339 e. The molecule has 5 rings (SSSR count). The van der Waals surface area contributed by atoms with Crippen LogP contribution < -0.4 is 4.90 Å². The molecule has 0 bridgehead atoms. The highest BCUT2D eigenvalue weighted by molar-refractivity contribution is 6.31. The third-order valence-corrected chi connectivity index (χ3v) is 7.02. The van der Waals surface area contributed by atoms with E-state index in [1.54, 1.807) is 41.3 Å². The van der Waals surface area contributed by atoms with E-state index in [1.807, 2.05) is 31.2 Å². The molecule has 2 atom stereocenters. The first kappa shape index (κ1) is 25.4. The van der Waals surface area contributed by atoms with Gasteiger partial charge in [0, 0.05) is 33.4 Å². The van der Waals surface area contributed by atoms with E-state index in [0.29, 0.717) is 26.9 Å². The van der Waals surface area contributed by atoms with E-state index >= 15 is 0 Å². The maximum absolute atomic E-state index is 14.1. The second kappa shape index (κ2) is 9.93. The molecule has 0 spiro atoms. The summed E-state index contributed by atoms with van der Waals surface area (Å²) >= 11 is 12.1. The highest BCUT2D eigenvalue weighted by Crippen LogP contribution is 2.55. The van der Waals surface area contributed by atoms with E-state index < -0.39 is 28.4 Å². The largest absolute Gasteiger partial charge is 0.438 e. The van der Waals surface area contributed by atoms with Crippen LogP contribution in [0.2, 0.25) is 10.0 Å². The summed E-state index contributed by atoms with van der Waals surface area (Å²) in [5, 5.41) is 12.2. The third kappa shape index (κ3) is 4.40. The Morgan fingerprint density at radius 2 is 1.42 bits per heavy atom. The molecule has 38 heavy (non-hydrogen) atoms. The van der Waals surface area contributed by atoms with Crippen molar-refractivity contribution < 1.29 is 19.2 Å². The van der Waals surface area contributed by atoms with E-state index in [1.165, 1.54) is 36.4 Å². The summed E-state index contributed by atoms with van der Waals surface area (Å²) in [6.07, 6.45) is 0. The number of rotatable bonds is 6. The monoisotopic (exact) mass is 546 g/mol. The van der Waals surface area contributed by atoms with Crippen molar-refractivity contribution in [3.8, 4) is 0 Å². The second-order valence-corrected chi connectivity index (χ2v) is 9.77. The molecule has 190 valence electrons. The molecule has 0 aromatic heterocycles. The van der Waals surface area contributed by atoms with Gasteiger partial charge in [-0.2, -0.15) is 0 Å². The smallest absolute Gasteiger partial charge is 0.339 e. The standard InChI is InChI=1S/C29H20Cl2N2O5/c1-18-2-14-24(15-3-18)32-26(19-4-10-22(30)11-5-19)29(28(32)35,21-8-16-25(17-9-21)33(36)37)38-27(34)20-6-12-23(31)13-7-20/h2-17,26H,1H3/t26-,29-/m0/s1. The first-order chi connectivity index (χ1) is 18.2. The fraction of sp³-hybridized carbons (Fsp3) is 0.103. The average molecular weight is 547 g/mol. The Labute approximate surface area is 228 Å². The van der Waals surface area contributed by atoms with Crippen molar-refractivity contribution in [2.24, 2.45) is 0 Å². The van der Waals surface area contributed by atoms with Gasteiger partial charge in [-0.3, -0.25) is 19.8 Å². The lowest BCUT2D eigenvalue weighted by Gasteiger charge is -2.55. The molecule has 1 heterocycles. The molecule has 7 nitrogen and oxygen atoms in total. The van der Waals surface area contributed by atoms with Gasteiger partial charge in [0.15, 0.2) is 0 Å². The summed E-state index contributed by atoms with van der Waals surface area (Å²) in [6.45, 7) is 1.94. The van der Waals surface area contributed by atoms with E-state index in [0.717, 1.165) is 5.56 Å². The summed E-state index contributed by atoms with van der Waals surface area (Å²) in [7, 11) is 0. The minimum atomic E-state index is -1.80. The molecule has 9 heteroatoms. The molecule has 1 amide bonds. The molecule has 0 unspecified atom stereocenters. The number of β-lactam (4-membered cyclic amide) rings is 1. The van der Waals surface area contributed by atoms with Crippen LogP contribution in [0.4, 0.5) is 11.4 Å². The van der Waals surface area contributed by atoms with E-state index in [4.69, 9.17) is 27.9 Å². The quantitative estimate of drug-likeness (QED) is 0.112. The number of benzene rings is 4. The van der Waals surface area contributed by atoms with Gasteiger partial charge in [-0.25, -0.2) is 4.79 Å². The van der Waals surface area contributed by atoms with Crippen LogP contribution >= 0.6 is 23.2 Å². The number of halogens is 2. The summed E-state index contributed by atoms with van der Waals surface area (Å²) < 4.78 is 6.10. The average Bonchev–Trinajstić information content (AvgIpc) is 2.92. The minimum absolute atomic E-state index is 0.155. The second-order valence-electron chi connectivity index (χ2n) is 8.90. The summed E-state index contributed by atoms with van der Waals surface area (Å²) in [5.74, 6) is -1.23. The zero-order chi connectivity index (χ0) is 27.0. The number of nitro groups is 1. The number of esters is 1. The Balaban J connectivity index is 1.68. The van der Waals surface area contributed by atoms with E-state index in [2.05, 4.69) is 0 Å². The highest BCUT2D eigenvalue weighted by atomic mass is 35.5. The van der Waals surface area contributed by atoms with Crippen molar-refractivity contribution in [1.29, 1.82) is 0 Å². The number of nitro benzene ring substituents is 1. The number of non-ortho nitro benzene ring substituents is 1. The fourth-order valence-electron chi connectivity index (χ4n) is 4.59. The van der Waals surface area contributed by atoms with Gasteiger partial charge < -0.3 is 4.74 Å². The van der Waals surface area contributed by atoms with Crippen molar-refractivity contribution in [3.05, 3.63) is 139 Å². The Bertz CT molecular complexity index is 1520. The Hall–Kier alpha value is -4.20. The van der Waals surface area contributed by atoms with Crippen LogP contribution in [-0.4, -0.2) is 16.8 Å². The lowest BCUT2D eigenvalue weighted by molar-refractivity contribution is -0.384. The summed E-state index contributed by atoms with van der Waals surface area (Å²) in [5.41, 5.74) is 0.840. The number of anilines is 1. The molecule has 1 aliphatic heterocycles. The predicted octanol–water partition coefficient (Wildman–Crippen LogP) is 7.05. The number of hydrogen-bond acceptors (Lipinski definition) is 5. The van der Waals surface area contributed by atoms with E-state index in [-0.39, 0.29) is 11.3 Å². The third-order valence-electron chi connectivity index (χ3n) is 6.52. The zero-order valence-corrected chi connectivity index (χ0v) is 21.5. The number of amides is 1. The molecule has 4 aromatic carbocycles. The first-order valence-electron chi connectivity index (χ1n) is 11.6. The molecule has 4 aromatic rings. The number of ether oxygens (including phenoxy) is 1. The van der Waals surface area contributed by atoms with Gasteiger partial charge in [-0.15, -0.1) is 0 Å². The van der Waals surface area contributed by atoms with Gasteiger partial charge in [-0.05, 0) is 73.2 Å². The van der Waals surface area contributed by atoms with Crippen molar-refractivity contribution >= 4 is 46.5 Å². The van der Waals surface area contributed by atoms with Gasteiger partial charge in [0.05, 0.1) is 10.5 Å². The number of nitrogens with zero attached hydrogens (tertiary/aromatic N) is 2. The summed E-state index contributed by atoms with van der Waals surface area (Å²) in [4.78, 5) is 39.9. The maximum atomic E-state index is 14.1. The van der Waals surface area contributed by atoms with Crippen molar-refractivity contribution in [3.63, 3.8) is 0 Å². The normalized spacial score (nSPS) is 18.6. The molecule has 0 radical (unpaired) electrons. The number of carbonyl (C=O) groups excluding carboxylic acids is 2. The van der Waals surface area contributed by atoms with Crippen molar-refractivity contribution in [2.75, 3.05) is 4.90 Å². The number of hydrogen-bond donors (Lipinski definition) is 0. The van der Waals surface area contributed by atoms with Crippen molar-refractivity contribution in [1.82, 2.24) is 0 Å². The van der Waals surface area contributed by atoms with E-state index in [9.17, 15) is 19.7 Å². The SMILES string of the molecule is Cc1ccc(N2C(=O)[C@](OC(=O)c3ccc(Cl)cc3)(c3ccc([N+](=O)[O-])cc3)[C@@H]2c2ccc(Cl)cc2)cc1. The molecule has 1 saturated heterocycles. The molecule has 1 aliphatic rings. The van der Waals surface area contributed by atoms with Crippen LogP contribution in [0.3, 0.4) is 0 Å². The van der Waals surface area contributed by atoms with Crippen LogP contribution in [0.15, 0.2) is 97.1 Å². The van der Waals surface area contributed by atoms with Crippen molar-refractivity contribution in [2.45, 2.75) is 18.6 Å². The van der Waals surface area contributed by atoms with Gasteiger partial charge >= 0.3 is 5.97 Å². The molecular weight excluding hydrogens is 527 g/mol. The number of aryl methyl sites for hydroxylation is 1. The van der Waals surface area contributed by atoms with Gasteiger partial charge in [0.2, 0.25) is 5.60 Å². The van der Waals surface area contributed by atoms with Crippen LogP contribution in [0, 0.1) is 17.0 Å². The van der Waals surface area contributed by atoms with Gasteiger partial charge in [0.1, 0.15) is 6.04 Å². The molecule has 0 N–H and O–H groups in total. The number of carbonyl (C=O) groups is 2. The van der Waals surface area contributed by atoms with Crippen LogP contribution in [0.5, 0.6) is 0 Å². The lowest BCUT2D eigenvalue weighted by Crippen LogP contribution is -2.68. The highest BCUT2D eigenvalue weighted by Gasteiger charge is 2.66. The first-order valence-corrected chi connectivity index (χ1v) is 12.4. The topological polar surface area (TPSA) is 89.8 Å². The Morgan fingerprint density at radius 1 is 0.868 bits per heavy atom. The predicted molar refractivity (Wildman–Crippen MR) is 144 cm³/mol. The zero-order valence-electron chi connectivity index (χ0n) is 20.0. The van der Waals surface area contributed by atoms with Crippen LogP contribution in [-0.2, 0) is 15.1 Å². The molecule has 1 fully saturated rings. The fourth-order valence-corrected chi connectivity index (χ4v) is 4.84. The van der Waals surface area contributed by atoms with Crippen LogP contribution in [0.1, 0.15) is 33.1 Å². The minimum Gasteiger partial charge on any atom is -0.438 e. The Kier molecular flexibility index (Phi) is 6.65. The molecule has 0 saturated carbocycles.